The topological polar surface area (TPSA) is 120 Å². The fraction of sp³-hybridized carbons (Fsp3) is 0.600. The lowest BCUT2D eigenvalue weighted by molar-refractivity contribution is -0.120. The Morgan fingerprint density at radius 3 is 2.83 bits per heavy atom. The van der Waals surface area contributed by atoms with Gasteiger partial charge in [0.05, 0.1) is 11.8 Å². The third-order valence-corrected chi connectivity index (χ3v) is 3.45. The van der Waals surface area contributed by atoms with E-state index in [9.17, 15) is 4.79 Å². The normalized spacial score (nSPS) is 13.9. The second kappa shape index (κ2) is 5.73. The van der Waals surface area contributed by atoms with Crippen LogP contribution < -0.4 is 11.1 Å². The second-order valence-electron chi connectivity index (χ2n) is 4.31. The summed E-state index contributed by atoms with van der Waals surface area (Å²) in [6, 6.07) is 2.11. The highest BCUT2D eigenvalue weighted by Gasteiger charge is 2.29. The van der Waals surface area contributed by atoms with Gasteiger partial charge in [-0.3, -0.25) is 4.79 Å². The average molecular weight is 268 g/mol. The Hall–Kier alpha value is -1.75. The number of thioether (sulfide) groups is 1. The molecular weight excluding hydrogens is 252 g/mol. The Morgan fingerprint density at radius 1 is 1.72 bits per heavy atom. The maximum atomic E-state index is 11.7. The van der Waals surface area contributed by atoms with Crippen LogP contribution >= 0.6 is 11.8 Å². The van der Waals surface area contributed by atoms with Crippen LogP contribution in [0.5, 0.6) is 0 Å². The lowest BCUT2D eigenvalue weighted by Crippen LogP contribution is -2.49. The Morgan fingerprint density at radius 2 is 2.39 bits per heavy atom. The molecule has 1 heterocycles. The first kappa shape index (κ1) is 14.3. The maximum Gasteiger partial charge on any atom is 0.231 e. The van der Waals surface area contributed by atoms with E-state index in [0.717, 1.165) is 11.8 Å². The van der Waals surface area contributed by atoms with Gasteiger partial charge in [-0.25, -0.2) is 5.10 Å². The molecule has 1 atom stereocenters. The molecule has 8 heteroatoms. The SMILES string of the molecule is CC(C)C(C)(C#N)NC(=O)CSc1n[nH]c(N)n1. The fourth-order valence-electron chi connectivity index (χ4n) is 1.08. The number of nitrogens with two attached hydrogens (primary N) is 1. The van der Waals surface area contributed by atoms with E-state index < -0.39 is 5.54 Å². The summed E-state index contributed by atoms with van der Waals surface area (Å²) in [5, 5.41) is 18.5. The zero-order chi connectivity index (χ0) is 13.8. The molecule has 0 fully saturated rings. The number of nitrogens with one attached hydrogen (secondary N) is 2. The first-order valence-corrected chi connectivity index (χ1v) is 6.39. The molecule has 0 radical (unpaired) electrons. The van der Waals surface area contributed by atoms with Gasteiger partial charge in [-0.1, -0.05) is 25.6 Å². The molecule has 18 heavy (non-hydrogen) atoms. The molecule has 1 aromatic heterocycles. The third kappa shape index (κ3) is 3.63. The molecule has 1 rings (SSSR count). The van der Waals surface area contributed by atoms with Gasteiger partial charge in [0.15, 0.2) is 0 Å². The van der Waals surface area contributed by atoms with Gasteiger partial charge in [-0.05, 0) is 12.8 Å². The number of nitriles is 1. The van der Waals surface area contributed by atoms with Crippen molar-refractivity contribution in [3.63, 3.8) is 0 Å². The number of hydrogen-bond acceptors (Lipinski definition) is 6. The van der Waals surface area contributed by atoms with Crippen molar-refractivity contribution < 1.29 is 4.79 Å². The van der Waals surface area contributed by atoms with Gasteiger partial charge in [0.25, 0.3) is 0 Å². The maximum absolute atomic E-state index is 11.7. The molecule has 0 spiro atoms. The van der Waals surface area contributed by atoms with Gasteiger partial charge in [0, 0.05) is 0 Å². The van der Waals surface area contributed by atoms with E-state index in [1.54, 1.807) is 6.92 Å². The van der Waals surface area contributed by atoms with Gasteiger partial charge in [0.1, 0.15) is 5.54 Å². The van der Waals surface area contributed by atoms with Crippen molar-refractivity contribution in [1.29, 1.82) is 5.26 Å². The van der Waals surface area contributed by atoms with Crippen molar-refractivity contribution >= 4 is 23.6 Å². The highest BCUT2D eigenvalue weighted by Crippen LogP contribution is 2.17. The minimum Gasteiger partial charge on any atom is -0.368 e. The number of rotatable bonds is 5. The monoisotopic (exact) mass is 268 g/mol. The molecule has 0 aliphatic rings. The van der Waals surface area contributed by atoms with Crippen molar-refractivity contribution in [1.82, 2.24) is 20.5 Å². The largest absolute Gasteiger partial charge is 0.368 e. The number of nitrogen functional groups attached to an aromatic ring is 1. The molecule has 7 nitrogen and oxygen atoms in total. The Labute approximate surface area is 110 Å². The molecule has 0 aromatic carbocycles. The summed E-state index contributed by atoms with van der Waals surface area (Å²) in [5.74, 6) is 0.139. The van der Waals surface area contributed by atoms with Crippen molar-refractivity contribution in [2.45, 2.75) is 31.5 Å². The first-order chi connectivity index (χ1) is 8.37. The summed E-state index contributed by atoms with van der Waals surface area (Å²) in [6.45, 7) is 5.46. The van der Waals surface area contributed by atoms with E-state index in [1.807, 2.05) is 13.8 Å². The van der Waals surface area contributed by atoms with E-state index in [1.165, 1.54) is 0 Å². The quantitative estimate of drug-likeness (QED) is 0.670. The van der Waals surface area contributed by atoms with Gasteiger partial charge < -0.3 is 11.1 Å². The van der Waals surface area contributed by atoms with Crippen LogP contribution in [-0.2, 0) is 4.79 Å². The van der Waals surface area contributed by atoms with Crippen LogP contribution in [0.1, 0.15) is 20.8 Å². The second-order valence-corrected chi connectivity index (χ2v) is 5.25. The van der Waals surface area contributed by atoms with E-state index in [0.29, 0.717) is 5.16 Å². The average Bonchev–Trinajstić information content (AvgIpc) is 2.72. The Balaban J connectivity index is 2.50. The lowest BCUT2D eigenvalue weighted by Gasteiger charge is -2.27. The molecule has 0 aliphatic carbocycles. The third-order valence-electron chi connectivity index (χ3n) is 2.60. The van der Waals surface area contributed by atoms with E-state index in [-0.39, 0.29) is 23.5 Å². The smallest absolute Gasteiger partial charge is 0.231 e. The number of nitrogens with zero attached hydrogens (tertiary/aromatic N) is 3. The minimum absolute atomic E-state index is 0.0237. The zero-order valence-electron chi connectivity index (χ0n) is 10.5. The molecule has 4 N–H and O–H groups in total. The van der Waals surface area contributed by atoms with Crippen LogP contribution in [0.25, 0.3) is 0 Å². The summed E-state index contributed by atoms with van der Waals surface area (Å²) in [6.07, 6.45) is 0. The zero-order valence-corrected chi connectivity index (χ0v) is 11.3. The number of carbonyl (C=O) groups is 1. The summed E-state index contributed by atoms with van der Waals surface area (Å²) < 4.78 is 0. The Bertz CT molecular complexity index is 465. The highest BCUT2D eigenvalue weighted by molar-refractivity contribution is 7.99. The minimum atomic E-state index is -0.865. The van der Waals surface area contributed by atoms with Crippen molar-refractivity contribution in [3.8, 4) is 6.07 Å². The molecule has 1 amide bonds. The number of hydrogen-bond donors (Lipinski definition) is 3. The van der Waals surface area contributed by atoms with Crippen LogP contribution in [-0.4, -0.2) is 32.4 Å². The summed E-state index contributed by atoms with van der Waals surface area (Å²) in [7, 11) is 0. The van der Waals surface area contributed by atoms with Crippen LogP contribution in [0.2, 0.25) is 0 Å². The molecule has 98 valence electrons. The number of carbonyl (C=O) groups excluding carboxylic acids is 1. The van der Waals surface area contributed by atoms with Gasteiger partial charge in [0.2, 0.25) is 17.0 Å². The van der Waals surface area contributed by atoms with E-state index in [2.05, 4.69) is 26.6 Å². The van der Waals surface area contributed by atoms with Gasteiger partial charge >= 0.3 is 0 Å². The van der Waals surface area contributed by atoms with Crippen LogP contribution in [0.3, 0.4) is 0 Å². The van der Waals surface area contributed by atoms with Crippen LogP contribution in [0, 0.1) is 17.2 Å². The number of H-pyrrole nitrogens is 1. The predicted octanol–water partition coefficient (Wildman–Crippen LogP) is 0.533. The number of anilines is 1. The van der Waals surface area contributed by atoms with Crippen molar-refractivity contribution in [2.75, 3.05) is 11.5 Å². The fourth-order valence-corrected chi connectivity index (χ4v) is 1.69. The van der Waals surface area contributed by atoms with Crippen molar-refractivity contribution in [2.24, 2.45) is 5.92 Å². The summed E-state index contributed by atoms with van der Waals surface area (Å²) >= 11 is 1.16. The number of aromatic amines is 1. The van der Waals surface area contributed by atoms with Crippen LogP contribution in [0.15, 0.2) is 5.16 Å². The predicted molar refractivity (Wildman–Crippen MR) is 68.5 cm³/mol. The standard InChI is InChI=1S/C10H16N6OS/c1-6(2)10(3,5-11)14-7(17)4-18-9-13-8(12)15-16-9/h6H,4H2,1-3H3,(H,14,17)(H3,12,13,15,16). The van der Waals surface area contributed by atoms with Gasteiger partial charge in [-0.15, -0.1) is 5.10 Å². The molecule has 0 saturated heterocycles. The molecular formula is C10H16N6OS. The van der Waals surface area contributed by atoms with Crippen LogP contribution in [0.4, 0.5) is 5.95 Å². The number of amides is 1. The highest BCUT2D eigenvalue weighted by atomic mass is 32.2. The molecule has 0 aliphatic heterocycles. The summed E-state index contributed by atoms with van der Waals surface area (Å²) in [5.41, 5.74) is 4.50. The van der Waals surface area contributed by atoms with E-state index in [4.69, 9.17) is 11.0 Å². The lowest BCUT2D eigenvalue weighted by atomic mass is 9.90. The molecule has 0 saturated carbocycles. The first-order valence-electron chi connectivity index (χ1n) is 5.40. The van der Waals surface area contributed by atoms with Crippen molar-refractivity contribution in [3.05, 3.63) is 0 Å². The summed E-state index contributed by atoms with van der Waals surface area (Å²) in [4.78, 5) is 15.6. The molecule has 0 bridgehead atoms. The van der Waals surface area contributed by atoms with E-state index >= 15 is 0 Å². The molecule has 1 unspecified atom stereocenters. The molecule has 1 aromatic rings. The van der Waals surface area contributed by atoms with Gasteiger partial charge in [-0.2, -0.15) is 10.2 Å². The number of aromatic nitrogens is 3. The Kier molecular flexibility index (Phi) is 4.55.